The molecule has 0 amide bonds. The van der Waals surface area contributed by atoms with E-state index in [2.05, 4.69) is 11.9 Å². The maximum absolute atomic E-state index is 11.1. The molecule has 94 valence electrons. The third-order valence-electron chi connectivity index (χ3n) is 3.18. The van der Waals surface area contributed by atoms with E-state index in [4.69, 9.17) is 4.74 Å². The number of nitrogens with zero attached hydrogens (tertiary/aromatic N) is 1. The van der Waals surface area contributed by atoms with Crippen molar-refractivity contribution in [3.63, 3.8) is 0 Å². The van der Waals surface area contributed by atoms with Gasteiger partial charge in [-0.25, -0.2) is 0 Å². The van der Waals surface area contributed by atoms with Crippen molar-refractivity contribution in [2.24, 2.45) is 0 Å². The average Bonchev–Trinajstić information content (AvgIpc) is 2.30. The first kappa shape index (κ1) is 13.7. The molecule has 1 saturated heterocycles. The van der Waals surface area contributed by atoms with Crippen LogP contribution in [0.25, 0.3) is 0 Å². The molecule has 0 N–H and O–H groups in total. The molecule has 0 aromatic carbocycles. The molecule has 0 aliphatic carbocycles. The lowest BCUT2D eigenvalue weighted by molar-refractivity contribution is -0.118. The minimum absolute atomic E-state index is 0.377. The van der Waals surface area contributed by atoms with Gasteiger partial charge in [0.2, 0.25) is 0 Å². The predicted octanol–water partition coefficient (Wildman–Crippen LogP) is 2.25. The highest BCUT2D eigenvalue weighted by molar-refractivity contribution is 5.77. The summed E-state index contributed by atoms with van der Waals surface area (Å²) < 4.78 is 5.69. The van der Waals surface area contributed by atoms with Gasteiger partial charge in [0, 0.05) is 26.0 Å². The van der Waals surface area contributed by atoms with Crippen LogP contribution in [0, 0.1) is 0 Å². The minimum Gasteiger partial charge on any atom is -0.377 e. The molecule has 1 rings (SSSR count). The molecule has 1 fully saturated rings. The summed E-state index contributed by atoms with van der Waals surface area (Å²) in [4.78, 5) is 13.4. The van der Waals surface area contributed by atoms with Crippen LogP contribution in [0.5, 0.6) is 0 Å². The molecule has 0 aromatic heterocycles. The molecule has 0 radical (unpaired) electrons. The summed E-state index contributed by atoms with van der Waals surface area (Å²) in [6.07, 6.45) is 6.51. The highest BCUT2D eigenvalue weighted by Crippen LogP contribution is 2.13. The second-order valence-corrected chi connectivity index (χ2v) is 4.75. The Bertz CT molecular complexity index is 200. The fraction of sp³-hybridized carbons (Fsp3) is 0.923. The van der Waals surface area contributed by atoms with Gasteiger partial charge in [0.05, 0.1) is 6.10 Å². The van der Waals surface area contributed by atoms with E-state index in [1.165, 1.54) is 19.3 Å². The van der Waals surface area contributed by atoms with Gasteiger partial charge in [-0.15, -0.1) is 0 Å². The van der Waals surface area contributed by atoms with Crippen LogP contribution in [-0.2, 0) is 9.53 Å². The molecule has 0 spiro atoms. The molecule has 3 heteroatoms. The van der Waals surface area contributed by atoms with Gasteiger partial charge in [-0.05, 0) is 39.3 Å². The molecule has 1 atom stereocenters. The van der Waals surface area contributed by atoms with Crippen molar-refractivity contribution in [3.05, 3.63) is 0 Å². The van der Waals surface area contributed by atoms with Crippen molar-refractivity contribution in [3.8, 4) is 0 Å². The standard InChI is InChI=1S/C13H25NO2/c1-3-12(15)7-6-9-14(2)11-13-8-4-5-10-16-13/h13H,3-11H2,1-2H3. The van der Waals surface area contributed by atoms with E-state index >= 15 is 0 Å². The number of rotatable bonds is 7. The number of carbonyl (C=O) groups excluding carboxylic acids is 1. The number of likely N-dealkylation sites (N-methyl/N-ethyl adjacent to an activating group) is 1. The fourth-order valence-electron chi connectivity index (χ4n) is 2.11. The van der Waals surface area contributed by atoms with Gasteiger partial charge in [-0.2, -0.15) is 0 Å². The van der Waals surface area contributed by atoms with E-state index in [1.807, 2.05) is 6.92 Å². The Morgan fingerprint density at radius 3 is 2.88 bits per heavy atom. The Kier molecular flexibility index (Phi) is 6.65. The summed E-state index contributed by atoms with van der Waals surface area (Å²) in [6.45, 7) is 4.88. The number of Topliss-reactive ketones (excluding diaryl/α,β-unsaturated/α-hetero) is 1. The zero-order valence-electron chi connectivity index (χ0n) is 10.7. The van der Waals surface area contributed by atoms with E-state index in [0.29, 0.717) is 18.3 Å². The average molecular weight is 227 g/mol. The van der Waals surface area contributed by atoms with Crippen LogP contribution >= 0.6 is 0 Å². The summed E-state index contributed by atoms with van der Waals surface area (Å²) in [6, 6.07) is 0. The highest BCUT2D eigenvalue weighted by Gasteiger charge is 2.15. The zero-order chi connectivity index (χ0) is 11.8. The Morgan fingerprint density at radius 1 is 1.44 bits per heavy atom. The van der Waals surface area contributed by atoms with Crippen molar-refractivity contribution in [1.29, 1.82) is 0 Å². The third kappa shape index (κ3) is 5.61. The molecule has 1 aliphatic rings. The second-order valence-electron chi connectivity index (χ2n) is 4.75. The van der Waals surface area contributed by atoms with Crippen LogP contribution in [0.2, 0.25) is 0 Å². The number of hydrogen-bond acceptors (Lipinski definition) is 3. The van der Waals surface area contributed by atoms with Crippen LogP contribution in [-0.4, -0.2) is 43.5 Å². The maximum Gasteiger partial charge on any atom is 0.132 e. The van der Waals surface area contributed by atoms with Crippen LogP contribution in [0.1, 0.15) is 45.4 Å². The molecule has 3 nitrogen and oxygen atoms in total. The van der Waals surface area contributed by atoms with Gasteiger partial charge in [-0.1, -0.05) is 6.92 Å². The lowest BCUT2D eigenvalue weighted by Crippen LogP contribution is -2.34. The van der Waals surface area contributed by atoms with Crippen LogP contribution in [0.3, 0.4) is 0 Å². The maximum atomic E-state index is 11.1. The zero-order valence-corrected chi connectivity index (χ0v) is 10.7. The summed E-state index contributed by atoms with van der Waals surface area (Å²) in [7, 11) is 2.12. The minimum atomic E-state index is 0.377. The summed E-state index contributed by atoms with van der Waals surface area (Å²) in [5, 5.41) is 0. The normalized spacial score (nSPS) is 21.3. The molecule has 1 heterocycles. The molecular formula is C13H25NO2. The fourth-order valence-corrected chi connectivity index (χ4v) is 2.11. The van der Waals surface area contributed by atoms with Crippen molar-refractivity contribution < 1.29 is 9.53 Å². The third-order valence-corrected chi connectivity index (χ3v) is 3.18. The van der Waals surface area contributed by atoms with E-state index in [-0.39, 0.29) is 0 Å². The van der Waals surface area contributed by atoms with E-state index in [0.717, 1.165) is 32.5 Å². The lowest BCUT2D eigenvalue weighted by atomic mass is 10.1. The first-order valence-electron chi connectivity index (χ1n) is 6.54. The van der Waals surface area contributed by atoms with Crippen LogP contribution in [0.4, 0.5) is 0 Å². The van der Waals surface area contributed by atoms with Gasteiger partial charge in [0.25, 0.3) is 0 Å². The first-order valence-corrected chi connectivity index (χ1v) is 6.54. The second kappa shape index (κ2) is 7.80. The Labute approximate surface area is 99.1 Å². The van der Waals surface area contributed by atoms with Crippen LogP contribution < -0.4 is 0 Å². The predicted molar refractivity (Wildman–Crippen MR) is 65.6 cm³/mol. The topological polar surface area (TPSA) is 29.5 Å². The lowest BCUT2D eigenvalue weighted by Gasteiger charge is -2.27. The van der Waals surface area contributed by atoms with Gasteiger partial charge in [0.1, 0.15) is 5.78 Å². The summed E-state index contributed by atoms with van der Waals surface area (Å²) >= 11 is 0. The summed E-state index contributed by atoms with van der Waals surface area (Å²) in [5.41, 5.74) is 0. The Morgan fingerprint density at radius 2 is 2.25 bits per heavy atom. The monoisotopic (exact) mass is 227 g/mol. The Balaban J connectivity index is 2.05. The van der Waals surface area contributed by atoms with Gasteiger partial charge < -0.3 is 9.64 Å². The Hall–Kier alpha value is -0.410. The van der Waals surface area contributed by atoms with Crippen molar-refractivity contribution >= 4 is 5.78 Å². The van der Waals surface area contributed by atoms with Gasteiger partial charge in [-0.3, -0.25) is 4.79 Å². The summed E-state index contributed by atoms with van der Waals surface area (Å²) in [5.74, 6) is 0.377. The van der Waals surface area contributed by atoms with E-state index < -0.39 is 0 Å². The van der Waals surface area contributed by atoms with E-state index in [1.54, 1.807) is 0 Å². The number of ketones is 1. The van der Waals surface area contributed by atoms with Crippen molar-refractivity contribution in [2.45, 2.75) is 51.6 Å². The largest absolute Gasteiger partial charge is 0.377 e. The molecule has 1 unspecified atom stereocenters. The van der Waals surface area contributed by atoms with Crippen molar-refractivity contribution in [2.75, 3.05) is 26.7 Å². The molecule has 1 aliphatic heterocycles. The number of carbonyl (C=O) groups is 1. The number of hydrogen-bond donors (Lipinski definition) is 0. The number of ether oxygens (including phenoxy) is 1. The van der Waals surface area contributed by atoms with Gasteiger partial charge >= 0.3 is 0 Å². The van der Waals surface area contributed by atoms with Crippen molar-refractivity contribution in [1.82, 2.24) is 4.90 Å². The smallest absolute Gasteiger partial charge is 0.132 e. The molecular weight excluding hydrogens is 202 g/mol. The molecule has 16 heavy (non-hydrogen) atoms. The SMILES string of the molecule is CCC(=O)CCCN(C)CC1CCCCO1. The van der Waals surface area contributed by atoms with Gasteiger partial charge in [0.15, 0.2) is 0 Å². The highest BCUT2D eigenvalue weighted by atomic mass is 16.5. The molecule has 0 aromatic rings. The first-order chi connectivity index (χ1) is 7.72. The van der Waals surface area contributed by atoms with E-state index in [9.17, 15) is 4.79 Å². The van der Waals surface area contributed by atoms with Crippen LogP contribution in [0.15, 0.2) is 0 Å². The quantitative estimate of drug-likeness (QED) is 0.668. The molecule has 0 saturated carbocycles. The molecule has 0 bridgehead atoms.